The van der Waals surface area contributed by atoms with Crippen molar-refractivity contribution in [3.05, 3.63) is 29.6 Å². The van der Waals surface area contributed by atoms with Crippen LogP contribution in [0.5, 0.6) is 5.75 Å². The summed E-state index contributed by atoms with van der Waals surface area (Å²) in [5.41, 5.74) is 0.837. The van der Waals surface area contributed by atoms with Crippen LogP contribution in [-0.4, -0.2) is 18.3 Å². The molecule has 20 heavy (non-hydrogen) atoms. The fourth-order valence-electron chi connectivity index (χ4n) is 3.18. The quantitative estimate of drug-likeness (QED) is 0.823. The lowest BCUT2D eigenvalue weighted by molar-refractivity contribution is 0.137. The van der Waals surface area contributed by atoms with Gasteiger partial charge in [0, 0.05) is 0 Å². The highest BCUT2D eigenvalue weighted by Crippen LogP contribution is 2.27. The second kappa shape index (κ2) is 7.63. The number of rotatable bonds is 5. The molecule has 0 saturated heterocycles. The zero-order valence-corrected chi connectivity index (χ0v) is 12.3. The van der Waals surface area contributed by atoms with E-state index in [0.717, 1.165) is 12.0 Å². The number of ether oxygens (including phenoxy) is 1. The van der Waals surface area contributed by atoms with Gasteiger partial charge in [0.05, 0.1) is 13.2 Å². The minimum Gasteiger partial charge on any atom is -0.494 e. The Labute approximate surface area is 121 Å². The van der Waals surface area contributed by atoms with Crippen LogP contribution >= 0.6 is 0 Å². The third-order valence-electron chi connectivity index (χ3n) is 4.27. The predicted molar refractivity (Wildman–Crippen MR) is 78.5 cm³/mol. The molecule has 2 nitrogen and oxygen atoms in total. The molecule has 1 unspecified atom stereocenters. The van der Waals surface area contributed by atoms with Crippen molar-refractivity contribution in [2.45, 2.75) is 57.5 Å². The Morgan fingerprint density at radius 1 is 1.25 bits per heavy atom. The summed E-state index contributed by atoms with van der Waals surface area (Å²) < 4.78 is 18.5. The zero-order valence-electron chi connectivity index (χ0n) is 12.3. The van der Waals surface area contributed by atoms with Gasteiger partial charge in [-0.1, -0.05) is 44.6 Å². The number of halogens is 1. The summed E-state index contributed by atoms with van der Waals surface area (Å²) in [4.78, 5) is 0. The summed E-state index contributed by atoms with van der Waals surface area (Å²) in [5, 5.41) is 10.2. The molecule has 3 heteroatoms. The van der Waals surface area contributed by atoms with Crippen LogP contribution in [0, 0.1) is 11.7 Å². The maximum atomic E-state index is 13.6. The van der Waals surface area contributed by atoms with Crippen molar-refractivity contribution in [3.8, 4) is 5.75 Å². The van der Waals surface area contributed by atoms with Crippen molar-refractivity contribution in [2.75, 3.05) is 7.11 Å². The molecule has 0 heterocycles. The van der Waals surface area contributed by atoms with Crippen molar-refractivity contribution >= 4 is 0 Å². The van der Waals surface area contributed by atoms with E-state index in [1.54, 1.807) is 6.07 Å². The number of aliphatic hydroxyl groups is 1. The summed E-state index contributed by atoms with van der Waals surface area (Å²) >= 11 is 0. The highest BCUT2D eigenvalue weighted by atomic mass is 19.1. The van der Waals surface area contributed by atoms with Crippen molar-refractivity contribution < 1.29 is 14.2 Å². The number of aliphatic hydroxyl groups excluding tert-OH is 1. The molecule has 1 atom stereocenters. The molecule has 1 aromatic carbocycles. The van der Waals surface area contributed by atoms with Crippen LogP contribution < -0.4 is 4.74 Å². The van der Waals surface area contributed by atoms with Crippen LogP contribution in [0.15, 0.2) is 18.2 Å². The maximum Gasteiger partial charge on any atom is 0.165 e. The van der Waals surface area contributed by atoms with Crippen molar-refractivity contribution in [3.63, 3.8) is 0 Å². The van der Waals surface area contributed by atoms with Crippen LogP contribution in [0.3, 0.4) is 0 Å². The first-order chi connectivity index (χ1) is 9.69. The molecular weight excluding hydrogens is 255 g/mol. The van der Waals surface area contributed by atoms with Crippen molar-refractivity contribution in [2.24, 2.45) is 5.92 Å². The smallest absolute Gasteiger partial charge is 0.165 e. The zero-order chi connectivity index (χ0) is 14.4. The molecule has 1 aliphatic rings. The number of hydrogen-bond acceptors (Lipinski definition) is 2. The van der Waals surface area contributed by atoms with E-state index in [1.807, 2.05) is 6.07 Å². The maximum absolute atomic E-state index is 13.6. The van der Waals surface area contributed by atoms with Crippen LogP contribution in [0.2, 0.25) is 0 Å². The van der Waals surface area contributed by atoms with Gasteiger partial charge in [-0.3, -0.25) is 0 Å². The molecule has 1 aliphatic carbocycles. The molecule has 1 saturated carbocycles. The van der Waals surface area contributed by atoms with Crippen molar-refractivity contribution in [1.82, 2.24) is 0 Å². The molecule has 0 aromatic heterocycles. The average molecular weight is 280 g/mol. The van der Waals surface area contributed by atoms with Gasteiger partial charge in [-0.2, -0.15) is 0 Å². The number of hydrogen-bond donors (Lipinski definition) is 1. The fourth-order valence-corrected chi connectivity index (χ4v) is 3.18. The van der Waals surface area contributed by atoms with Gasteiger partial charge in [0.1, 0.15) is 0 Å². The van der Waals surface area contributed by atoms with Crippen LogP contribution in [0.25, 0.3) is 0 Å². The normalized spacial score (nSPS) is 18.6. The fraction of sp³-hybridized carbons (Fsp3) is 0.647. The molecule has 1 N–H and O–H groups in total. The highest BCUT2D eigenvalue weighted by Gasteiger charge is 2.17. The van der Waals surface area contributed by atoms with Crippen LogP contribution in [0.4, 0.5) is 4.39 Å². The Balaban J connectivity index is 1.87. The van der Waals surface area contributed by atoms with E-state index in [-0.39, 0.29) is 17.7 Å². The summed E-state index contributed by atoms with van der Waals surface area (Å²) in [7, 11) is 1.46. The average Bonchev–Trinajstić information content (AvgIpc) is 2.67. The van der Waals surface area contributed by atoms with Gasteiger partial charge in [-0.25, -0.2) is 4.39 Å². The molecule has 2 rings (SSSR count). The Hall–Kier alpha value is -1.09. The van der Waals surface area contributed by atoms with Gasteiger partial charge in [-0.05, 0) is 36.5 Å². The van der Waals surface area contributed by atoms with E-state index in [2.05, 4.69) is 0 Å². The summed E-state index contributed by atoms with van der Waals surface area (Å²) in [5.74, 6) is 0.536. The Morgan fingerprint density at radius 3 is 2.55 bits per heavy atom. The van der Waals surface area contributed by atoms with Crippen LogP contribution in [0.1, 0.15) is 50.5 Å². The second-order valence-corrected chi connectivity index (χ2v) is 5.92. The van der Waals surface area contributed by atoms with E-state index in [0.29, 0.717) is 12.3 Å². The van der Waals surface area contributed by atoms with Gasteiger partial charge in [-0.15, -0.1) is 0 Å². The van der Waals surface area contributed by atoms with E-state index in [4.69, 9.17) is 4.74 Å². The third-order valence-corrected chi connectivity index (χ3v) is 4.27. The van der Waals surface area contributed by atoms with Crippen LogP contribution in [-0.2, 0) is 6.42 Å². The number of methoxy groups -OCH3 is 1. The molecule has 0 aliphatic heterocycles. The lowest BCUT2D eigenvalue weighted by atomic mass is 9.91. The third kappa shape index (κ3) is 4.48. The van der Waals surface area contributed by atoms with E-state index in [1.165, 1.54) is 51.7 Å². The minimum atomic E-state index is -0.370. The monoisotopic (exact) mass is 280 g/mol. The first-order valence-corrected chi connectivity index (χ1v) is 7.69. The molecule has 0 bridgehead atoms. The molecule has 1 aromatic rings. The standard InChI is InChI=1S/C17H25FO2/c1-20-17-9-8-14(12-16(17)18)11-15(19)10-13-6-4-2-3-5-7-13/h8-9,12-13,15,19H,2-7,10-11H2,1H3. The van der Waals surface area contributed by atoms with Gasteiger partial charge in [0.2, 0.25) is 0 Å². The Morgan fingerprint density at radius 2 is 1.95 bits per heavy atom. The molecule has 112 valence electrons. The molecule has 0 amide bonds. The molecule has 0 spiro atoms. The van der Waals surface area contributed by atoms with Gasteiger partial charge >= 0.3 is 0 Å². The Kier molecular flexibility index (Phi) is 5.84. The molecular formula is C17H25FO2. The topological polar surface area (TPSA) is 29.5 Å². The lowest BCUT2D eigenvalue weighted by Crippen LogP contribution is -2.16. The predicted octanol–water partition coefficient (Wildman–Crippen LogP) is 4.10. The van der Waals surface area contributed by atoms with E-state index >= 15 is 0 Å². The lowest BCUT2D eigenvalue weighted by Gasteiger charge is -2.18. The molecule has 1 fully saturated rings. The minimum absolute atomic E-state index is 0.256. The SMILES string of the molecule is COc1ccc(CC(O)CC2CCCCCC2)cc1F. The first-order valence-electron chi connectivity index (χ1n) is 7.69. The van der Waals surface area contributed by atoms with E-state index in [9.17, 15) is 9.50 Å². The highest BCUT2D eigenvalue weighted by molar-refractivity contribution is 5.29. The first kappa shape index (κ1) is 15.3. The van der Waals surface area contributed by atoms with E-state index < -0.39 is 0 Å². The summed E-state index contributed by atoms with van der Waals surface area (Å²) in [6.45, 7) is 0. The van der Waals surface area contributed by atoms with Gasteiger partial charge in [0.15, 0.2) is 11.6 Å². The second-order valence-electron chi connectivity index (χ2n) is 5.92. The van der Waals surface area contributed by atoms with Gasteiger partial charge in [0.25, 0.3) is 0 Å². The number of benzene rings is 1. The largest absolute Gasteiger partial charge is 0.494 e. The summed E-state index contributed by atoms with van der Waals surface area (Å²) in [6, 6.07) is 4.93. The summed E-state index contributed by atoms with van der Waals surface area (Å²) in [6.07, 6.45) is 8.69. The Bertz CT molecular complexity index is 411. The molecule has 0 radical (unpaired) electrons. The van der Waals surface area contributed by atoms with Crippen molar-refractivity contribution in [1.29, 1.82) is 0 Å². The van der Waals surface area contributed by atoms with Gasteiger partial charge < -0.3 is 9.84 Å².